The van der Waals surface area contributed by atoms with Gasteiger partial charge < -0.3 is 10.6 Å². The lowest BCUT2D eigenvalue weighted by molar-refractivity contribution is -0.121. The summed E-state index contributed by atoms with van der Waals surface area (Å²) in [5.74, 6) is 1.01. The number of carbonyl (C=O) groups excluding carboxylic acids is 1. The van der Waals surface area contributed by atoms with E-state index in [4.69, 9.17) is 0 Å². The van der Waals surface area contributed by atoms with Gasteiger partial charge in [0.25, 0.3) is 0 Å². The molecule has 0 aromatic rings. The van der Waals surface area contributed by atoms with Crippen molar-refractivity contribution >= 4 is 5.91 Å². The molecule has 3 nitrogen and oxygen atoms in total. The van der Waals surface area contributed by atoms with Crippen molar-refractivity contribution in [3.8, 4) is 0 Å². The summed E-state index contributed by atoms with van der Waals surface area (Å²) in [5.41, 5.74) is 0. The summed E-state index contributed by atoms with van der Waals surface area (Å²) in [5, 5.41) is 6.50. The molecule has 0 radical (unpaired) electrons. The highest BCUT2D eigenvalue weighted by atomic mass is 16.1. The third-order valence-electron chi connectivity index (χ3n) is 3.19. The van der Waals surface area contributed by atoms with Crippen molar-refractivity contribution in [2.45, 2.75) is 71.4 Å². The largest absolute Gasteiger partial charge is 0.353 e. The molecule has 1 atom stereocenters. The Hall–Kier alpha value is -0.570. The van der Waals surface area contributed by atoms with Crippen LogP contribution < -0.4 is 10.6 Å². The first-order valence-electron chi connectivity index (χ1n) is 7.10. The Bertz CT molecular complexity index is 224. The zero-order valence-electron chi connectivity index (χ0n) is 11.6. The molecule has 1 fully saturated rings. The maximum Gasteiger partial charge on any atom is 0.220 e. The summed E-state index contributed by atoms with van der Waals surface area (Å²) < 4.78 is 0. The highest BCUT2D eigenvalue weighted by Gasteiger charge is 2.22. The van der Waals surface area contributed by atoms with Gasteiger partial charge in [-0.3, -0.25) is 4.79 Å². The Labute approximate surface area is 106 Å². The topological polar surface area (TPSA) is 41.1 Å². The third kappa shape index (κ3) is 8.19. The van der Waals surface area contributed by atoms with Gasteiger partial charge in [0.15, 0.2) is 0 Å². The molecule has 0 aromatic carbocycles. The van der Waals surface area contributed by atoms with E-state index in [9.17, 15) is 4.79 Å². The second-order valence-electron chi connectivity index (χ2n) is 5.77. The molecule has 1 unspecified atom stereocenters. The predicted octanol–water partition coefficient (Wildman–Crippen LogP) is 2.46. The van der Waals surface area contributed by atoms with Crippen LogP contribution in [-0.2, 0) is 4.79 Å². The van der Waals surface area contributed by atoms with Gasteiger partial charge in [0, 0.05) is 18.5 Å². The van der Waals surface area contributed by atoms with Gasteiger partial charge in [-0.15, -0.1) is 0 Å². The van der Waals surface area contributed by atoms with Gasteiger partial charge in [-0.25, -0.2) is 0 Å². The second kappa shape index (κ2) is 7.70. The molecular formula is C14H28N2O. The number of hydrogen-bond acceptors (Lipinski definition) is 2. The standard InChI is InChI=1S/C14H28N2O/c1-11(2)6-7-12(3)15-10-4-5-14(17)16-13-8-9-13/h11-13,15H,4-10H2,1-3H3,(H,16,17). The van der Waals surface area contributed by atoms with E-state index in [0.717, 1.165) is 18.9 Å². The number of amides is 1. The molecule has 1 saturated carbocycles. The second-order valence-corrected chi connectivity index (χ2v) is 5.77. The average molecular weight is 240 g/mol. The van der Waals surface area contributed by atoms with Crippen molar-refractivity contribution in [1.29, 1.82) is 0 Å². The lowest BCUT2D eigenvalue weighted by Crippen LogP contribution is -2.29. The van der Waals surface area contributed by atoms with Crippen LogP contribution in [0.1, 0.15) is 59.3 Å². The molecule has 2 N–H and O–H groups in total. The first-order chi connectivity index (χ1) is 8.08. The van der Waals surface area contributed by atoms with Crippen molar-refractivity contribution in [2.75, 3.05) is 6.54 Å². The van der Waals surface area contributed by atoms with E-state index in [1.807, 2.05) is 0 Å². The molecule has 0 saturated heterocycles. The first kappa shape index (κ1) is 14.5. The van der Waals surface area contributed by atoms with Crippen LogP contribution in [0.5, 0.6) is 0 Å². The number of hydrogen-bond donors (Lipinski definition) is 2. The zero-order valence-corrected chi connectivity index (χ0v) is 11.6. The van der Waals surface area contributed by atoms with E-state index in [1.54, 1.807) is 0 Å². The van der Waals surface area contributed by atoms with E-state index < -0.39 is 0 Å². The molecule has 0 spiro atoms. The average Bonchev–Trinajstić information content (AvgIpc) is 3.05. The zero-order chi connectivity index (χ0) is 12.7. The van der Waals surface area contributed by atoms with Crippen LogP contribution in [0.15, 0.2) is 0 Å². The minimum absolute atomic E-state index is 0.226. The molecular weight excluding hydrogens is 212 g/mol. The highest BCUT2D eigenvalue weighted by molar-refractivity contribution is 5.76. The Morgan fingerprint density at radius 1 is 1.24 bits per heavy atom. The summed E-state index contributed by atoms with van der Waals surface area (Å²) in [7, 11) is 0. The highest BCUT2D eigenvalue weighted by Crippen LogP contribution is 2.18. The Kier molecular flexibility index (Phi) is 6.56. The summed E-state index contributed by atoms with van der Waals surface area (Å²) in [6, 6.07) is 1.07. The Morgan fingerprint density at radius 3 is 2.53 bits per heavy atom. The molecule has 3 heteroatoms. The minimum atomic E-state index is 0.226. The van der Waals surface area contributed by atoms with Gasteiger partial charge in [-0.2, -0.15) is 0 Å². The number of carbonyl (C=O) groups is 1. The lowest BCUT2D eigenvalue weighted by Gasteiger charge is -2.14. The van der Waals surface area contributed by atoms with Crippen molar-refractivity contribution < 1.29 is 4.79 Å². The van der Waals surface area contributed by atoms with Crippen LogP contribution in [0, 0.1) is 5.92 Å². The van der Waals surface area contributed by atoms with Crippen LogP contribution >= 0.6 is 0 Å². The Balaban J connectivity index is 1.89. The van der Waals surface area contributed by atoms with Crippen molar-refractivity contribution in [2.24, 2.45) is 5.92 Å². The van der Waals surface area contributed by atoms with Crippen LogP contribution in [0.25, 0.3) is 0 Å². The molecule has 1 aliphatic rings. The van der Waals surface area contributed by atoms with Gasteiger partial charge in [0.2, 0.25) is 5.91 Å². The monoisotopic (exact) mass is 240 g/mol. The fourth-order valence-corrected chi connectivity index (χ4v) is 1.81. The van der Waals surface area contributed by atoms with Gasteiger partial charge in [-0.05, 0) is 51.5 Å². The smallest absolute Gasteiger partial charge is 0.220 e. The summed E-state index contributed by atoms with van der Waals surface area (Å²) in [6.07, 6.45) is 6.47. The summed E-state index contributed by atoms with van der Waals surface area (Å²) in [6.45, 7) is 7.70. The SMILES string of the molecule is CC(C)CCC(C)NCCCC(=O)NC1CC1. The molecule has 0 aromatic heterocycles. The van der Waals surface area contributed by atoms with Crippen LogP contribution in [0.3, 0.4) is 0 Å². The molecule has 0 heterocycles. The normalized spacial score (nSPS) is 17.2. The number of rotatable bonds is 9. The van der Waals surface area contributed by atoms with Crippen LogP contribution in [0.2, 0.25) is 0 Å². The summed E-state index contributed by atoms with van der Waals surface area (Å²) in [4.78, 5) is 11.4. The van der Waals surface area contributed by atoms with Crippen LogP contribution in [0.4, 0.5) is 0 Å². The van der Waals surface area contributed by atoms with Gasteiger partial charge in [-0.1, -0.05) is 13.8 Å². The lowest BCUT2D eigenvalue weighted by atomic mass is 10.0. The molecule has 1 aliphatic carbocycles. The fraction of sp³-hybridized carbons (Fsp3) is 0.929. The van der Waals surface area contributed by atoms with E-state index in [0.29, 0.717) is 18.5 Å². The maximum absolute atomic E-state index is 11.4. The fourth-order valence-electron chi connectivity index (χ4n) is 1.81. The van der Waals surface area contributed by atoms with Crippen molar-refractivity contribution in [1.82, 2.24) is 10.6 Å². The quantitative estimate of drug-likeness (QED) is 0.608. The van der Waals surface area contributed by atoms with Crippen molar-refractivity contribution in [3.63, 3.8) is 0 Å². The first-order valence-corrected chi connectivity index (χ1v) is 7.10. The van der Waals surface area contributed by atoms with Gasteiger partial charge in [0.1, 0.15) is 0 Å². The van der Waals surface area contributed by atoms with E-state index >= 15 is 0 Å². The summed E-state index contributed by atoms with van der Waals surface area (Å²) >= 11 is 0. The van der Waals surface area contributed by atoms with E-state index in [2.05, 4.69) is 31.4 Å². The predicted molar refractivity (Wildman–Crippen MR) is 71.9 cm³/mol. The Morgan fingerprint density at radius 2 is 1.94 bits per heavy atom. The molecule has 0 bridgehead atoms. The molecule has 100 valence electrons. The third-order valence-corrected chi connectivity index (χ3v) is 3.19. The maximum atomic E-state index is 11.4. The molecule has 0 aliphatic heterocycles. The number of nitrogens with one attached hydrogen (secondary N) is 2. The molecule has 17 heavy (non-hydrogen) atoms. The minimum Gasteiger partial charge on any atom is -0.353 e. The van der Waals surface area contributed by atoms with Crippen molar-refractivity contribution in [3.05, 3.63) is 0 Å². The molecule has 1 amide bonds. The van der Waals surface area contributed by atoms with E-state index in [-0.39, 0.29) is 5.91 Å². The van der Waals surface area contributed by atoms with Gasteiger partial charge >= 0.3 is 0 Å². The van der Waals surface area contributed by atoms with Gasteiger partial charge in [0.05, 0.1) is 0 Å². The van der Waals surface area contributed by atoms with E-state index in [1.165, 1.54) is 25.7 Å². The van der Waals surface area contributed by atoms with Crippen LogP contribution in [-0.4, -0.2) is 24.5 Å². The molecule has 1 rings (SSSR count).